The average Bonchev–Trinajstić information content (AvgIpc) is 2.01. The Bertz CT molecular complexity index is 304. The molecule has 0 aliphatic carbocycles. The van der Waals surface area contributed by atoms with E-state index >= 15 is 0 Å². The largest absolute Gasteiger partial charge is 0.759 e. The van der Waals surface area contributed by atoms with Crippen LogP contribution < -0.4 is 46.3 Å². The maximum absolute atomic E-state index is 8.52. The molecular weight excluding hydrogens is 260 g/mol. The highest BCUT2D eigenvalue weighted by molar-refractivity contribution is 7.79. The van der Waals surface area contributed by atoms with Crippen LogP contribution in [0, 0.1) is 0 Å². The Morgan fingerprint density at radius 2 is 0.824 bits per heavy atom. The molecule has 0 aromatic heterocycles. The van der Waals surface area contributed by atoms with Crippen molar-refractivity contribution in [2.45, 2.75) is 0 Å². The SMILES string of the molecule is NC(N)=[N+](N)N.NC(N)=[N+](N)N.O=S(=O)([O-])[O-]. The second-order valence-electron chi connectivity index (χ2n) is 2.07. The topological polar surface area (TPSA) is 294 Å². The second-order valence-corrected chi connectivity index (χ2v) is 2.89. The highest BCUT2D eigenvalue weighted by atomic mass is 32.3. The van der Waals surface area contributed by atoms with Crippen LogP contribution in [-0.4, -0.2) is 39.0 Å². The zero-order valence-electron chi connectivity index (χ0n) is 8.55. The van der Waals surface area contributed by atoms with Gasteiger partial charge in [-0.1, -0.05) is 9.59 Å². The van der Waals surface area contributed by atoms with Gasteiger partial charge in [-0.3, -0.25) is 54.7 Å². The van der Waals surface area contributed by atoms with Crippen molar-refractivity contribution in [1.29, 1.82) is 0 Å². The molecule has 0 aliphatic heterocycles. The maximum Gasteiger partial charge on any atom is 0.385 e. The molecule has 0 saturated heterocycles. The maximum atomic E-state index is 8.52. The zero-order chi connectivity index (χ0) is 14.8. The van der Waals surface area contributed by atoms with Gasteiger partial charge in [0.25, 0.3) is 0 Å². The molecule has 104 valence electrons. The molecule has 0 aliphatic rings. The molecule has 0 radical (unpaired) electrons. The van der Waals surface area contributed by atoms with Gasteiger partial charge >= 0.3 is 11.9 Å². The van der Waals surface area contributed by atoms with Crippen molar-refractivity contribution in [1.82, 2.24) is 0 Å². The van der Waals surface area contributed by atoms with Gasteiger partial charge in [0.2, 0.25) is 0 Å². The van der Waals surface area contributed by atoms with Gasteiger partial charge in [-0.15, -0.1) is 0 Å². The van der Waals surface area contributed by atoms with E-state index in [1.165, 1.54) is 0 Å². The monoisotopic (exact) mass is 276 g/mol. The molecule has 17 heavy (non-hydrogen) atoms. The molecule has 0 aromatic carbocycles. The van der Waals surface area contributed by atoms with Crippen LogP contribution in [0.2, 0.25) is 0 Å². The van der Waals surface area contributed by atoms with E-state index in [1.807, 2.05) is 0 Å². The van der Waals surface area contributed by atoms with E-state index in [-0.39, 0.29) is 11.9 Å². The molecular formula is C2H16N10O4S. The van der Waals surface area contributed by atoms with Gasteiger partial charge < -0.3 is 9.11 Å². The molecule has 0 rings (SSSR count). The first-order valence-electron chi connectivity index (χ1n) is 3.30. The standard InChI is InChI=1S/2CH7N5.H2O4S/c2*2-1(3)6(4)5;1-5(2,3)4/h2*4-5H2,(H3,2,3);(H2,1,2,3,4). The normalized spacial score (nSPS) is 8.59. The summed E-state index contributed by atoms with van der Waals surface area (Å²) in [4.78, 5) is 1.28. The third-order valence-electron chi connectivity index (χ3n) is 0.596. The van der Waals surface area contributed by atoms with Crippen LogP contribution in [0.25, 0.3) is 0 Å². The summed E-state index contributed by atoms with van der Waals surface area (Å²) in [5, 5.41) is 0. The summed E-state index contributed by atoms with van der Waals surface area (Å²) in [5.74, 6) is 18.8. The van der Waals surface area contributed by atoms with Crippen LogP contribution in [0.4, 0.5) is 0 Å². The van der Waals surface area contributed by atoms with Crippen molar-refractivity contribution in [3.05, 3.63) is 0 Å². The summed E-state index contributed by atoms with van der Waals surface area (Å²) >= 11 is 0. The van der Waals surface area contributed by atoms with Crippen molar-refractivity contribution < 1.29 is 27.1 Å². The molecule has 0 heterocycles. The van der Waals surface area contributed by atoms with Gasteiger partial charge in [-0.05, 0) is 0 Å². The zero-order valence-corrected chi connectivity index (χ0v) is 9.37. The first-order valence-corrected chi connectivity index (χ1v) is 4.63. The van der Waals surface area contributed by atoms with Crippen LogP contribution in [0.3, 0.4) is 0 Å². The van der Waals surface area contributed by atoms with E-state index in [0.29, 0.717) is 9.59 Å². The minimum atomic E-state index is -5.17. The number of hydrogen-bond donors (Lipinski definition) is 8. The molecule has 0 unspecified atom stereocenters. The molecule has 0 saturated carbocycles. The number of guanidine groups is 2. The van der Waals surface area contributed by atoms with Gasteiger partial charge in [0.05, 0.1) is 0 Å². The highest BCUT2D eigenvalue weighted by Gasteiger charge is 1.85. The fourth-order valence-electron chi connectivity index (χ4n) is 0. The van der Waals surface area contributed by atoms with Crippen LogP contribution >= 0.6 is 0 Å². The average molecular weight is 276 g/mol. The lowest BCUT2D eigenvalue weighted by atomic mass is 11.1. The third kappa shape index (κ3) is 58.3. The third-order valence-corrected chi connectivity index (χ3v) is 0.596. The molecule has 0 bridgehead atoms. The lowest BCUT2D eigenvalue weighted by molar-refractivity contribution is -0.553. The van der Waals surface area contributed by atoms with Crippen LogP contribution in [0.5, 0.6) is 0 Å². The fourth-order valence-corrected chi connectivity index (χ4v) is 0. The van der Waals surface area contributed by atoms with Crippen molar-refractivity contribution in [2.75, 3.05) is 0 Å². The summed E-state index contributed by atoms with van der Waals surface area (Å²) in [6.07, 6.45) is 0. The van der Waals surface area contributed by atoms with E-state index in [4.69, 9.17) is 63.8 Å². The van der Waals surface area contributed by atoms with E-state index in [1.54, 1.807) is 0 Å². The smallest absolute Gasteiger partial charge is 0.385 e. The van der Waals surface area contributed by atoms with Crippen LogP contribution in [0.15, 0.2) is 0 Å². The number of hydrazine groups is 4. The minimum absolute atomic E-state index is 0.102. The molecule has 0 spiro atoms. The summed E-state index contributed by atoms with van der Waals surface area (Å²) < 4.78 is 34.1. The lowest BCUT2D eigenvalue weighted by Gasteiger charge is -2.06. The molecule has 0 fully saturated rings. The Balaban J connectivity index is -0.000000174. The Morgan fingerprint density at radius 3 is 0.824 bits per heavy atom. The predicted molar refractivity (Wildman–Crippen MR) is 54.5 cm³/mol. The van der Waals surface area contributed by atoms with Crippen LogP contribution in [-0.2, 0) is 10.4 Å². The molecule has 0 aromatic rings. The van der Waals surface area contributed by atoms with Gasteiger partial charge in [-0.2, -0.15) is 0 Å². The van der Waals surface area contributed by atoms with Crippen molar-refractivity contribution in [3.8, 4) is 0 Å². The lowest BCUT2D eigenvalue weighted by Crippen LogP contribution is -2.43. The number of hydrogen-bond acceptors (Lipinski definition) is 8. The molecule has 0 amide bonds. The summed E-state index contributed by atoms with van der Waals surface area (Å²) in [6.45, 7) is 0. The molecule has 0 atom stereocenters. The highest BCUT2D eigenvalue weighted by Crippen LogP contribution is 1.57. The number of rotatable bonds is 0. The van der Waals surface area contributed by atoms with Gasteiger partial charge in [0.1, 0.15) is 0 Å². The molecule has 14 nitrogen and oxygen atoms in total. The summed E-state index contributed by atoms with van der Waals surface area (Å²) in [5.41, 5.74) is 19.2. The van der Waals surface area contributed by atoms with Crippen molar-refractivity contribution >= 4 is 22.3 Å². The van der Waals surface area contributed by atoms with Gasteiger partial charge in [-0.25, -0.2) is 0 Å². The van der Waals surface area contributed by atoms with Crippen molar-refractivity contribution in [3.63, 3.8) is 0 Å². The van der Waals surface area contributed by atoms with E-state index in [0.717, 1.165) is 0 Å². The fraction of sp³-hybridized carbons (Fsp3) is 0. The summed E-state index contributed by atoms with van der Waals surface area (Å²) in [6, 6.07) is 0. The van der Waals surface area contributed by atoms with Gasteiger partial charge in [0.15, 0.2) is 0 Å². The van der Waals surface area contributed by atoms with E-state index in [2.05, 4.69) is 0 Å². The van der Waals surface area contributed by atoms with Crippen LogP contribution in [0.1, 0.15) is 0 Å². The number of nitrogens with zero attached hydrogens (tertiary/aromatic N) is 2. The first kappa shape index (κ1) is 20.1. The van der Waals surface area contributed by atoms with Gasteiger partial charge in [0, 0.05) is 10.4 Å². The Labute approximate surface area is 96.6 Å². The van der Waals surface area contributed by atoms with E-state index < -0.39 is 10.4 Å². The quantitative estimate of drug-likeness (QED) is 0.0389. The minimum Gasteiger partial charge on any atom is -0.759 e. The molecule has 16 N–H and O–H groups in total. The summed E-state index contributed by atoms with van der Waals surface area (Å²) in [7, 11) is -5.17. The Morgan fingerprint density at radius 1 is 0.765 bits per heavy atom. The van der Waals surface area contributed by atoms with Crippen molar-refractivity contribution in [2.24, 2.45) is 46.3 Å². The predicted octanol–water partition coefficient (Wildman–Crippen LogP) is -7.30. The van der Waals surface area contributed by atoms with E-state index in [9.17, 15) is 0 Å². The molecule has 15 heteroatoms. The Kier molecular flexibility index (Phi) is 10.5. The second kappa shape index (κ2) is 8.88. The number of nitrogens with two attached hydrogens (primary N) is 8. The number of hydrazone groups is 4. The first-order chi connectivity index (χ1) is 7.29. The Hall–Kier alpha value is -2.39.